The molecule has 1 saturated heterocycles. The standard InChI is InChI=1S/C13H25N5O2S/c1-10-8-17(9-11(2)20-10)5-7-21-13-16-15-12(18(13)14)4-6-19-3/h10-11H,4-9,14H2,1-3H3. The van der Waals surface area contributed by atoms with Crippen molar-refractivity contribution < 1.29 is 9.47 Å². The number of hydrogen-bond acceptors (Lipinski definition) is 7. The Balaban J connectivity index is 1.77. The first kappa shape index (κ1) is 16.5. The summed E-state index contributed by atoms with van der Waals surface area (Å²) in [6, 6.07) is 0. The molecule has 1 fully saturated rings. The van der Waals surface area contributed by atoms with E-state index < -0.39 is 0 Å². The highest BCUT2D eigenvalue weighted by Crippen LogP contribution is 2.16. The van der Waals surface area contributed by atoms with Gasteiger partial charge in [-0.3, -0.25) is 4.90 Å². The first-order valence-electron chi connectivity index (χ1n) is 7.29. The van der Waals surface area contributed by atoms with E-state index in [0.717, 1.165) is 36.4 Å². The summed E-state index contributed by atoms with van der Waals surface area (Å²) in [6.07, 6.45) is 1.29. The number of thioether (sulfide) groups is 1. The minimum absolute atomic E-state index is 0.303. The number of ether oxygens (including phenoxy) is 2. The molecule has 8 heteroatoms. The number of hydrogen-bond donors (Lipinski definition) is 1. The van der Waals surface area contributed by atoms with Gasteiger partial charge in [-0.05, 0) is 13.8 Å². The van der Waals surface area contributed by atoms with Crippen LogP contribution in [0.2, 0.25) is 0 Å². The van der Waals surface area contributed by atoms with Gasteiger partial charge in [0.05, 0.1) is 18.8 Å². The van der Waals surface area contributed by atoms with Crippen LogP contribution in [0.25, 0.3) is 0 Å². The van der Waals surface area contributed by atoms with E-state index in [1.165, 1.54) is 0 Å². The largest absolute Gasteiger partial charge is 0.384 e. The van der Waals surface area contributed by atoms with Crippen LogP contribution in [0.1, 0.15) is 19.7 Å². The van der Waals surface area contributed by atoms with Crippen molar-refractivity contribution in [2.24, 2.45) is 0 Å². The van der Waals surface area contributed by atoms with Crippen molar-refractivity contribution >= 4 is 11.8 Å². The summed E-state index contributed by atoms with van der Waals surface area (Å²) in [5.41, 5.74) is 0. The smallest absolute Gasteiger partial charge is 0.209 e. The van der Waals surface area contributed by atoms with E-state index in [1.54, 1.807) is 23.5 Å². The molecule has 0 bridgehead atoms. The number of morpholine rings is 1. The van der Waals surface area contributed by atoms with Gasteiger partial charge in [-0.2, -0.15) is 0 Å². The predicted molar refractivity (Wildman–Crippen MR) is 82.9 cm³/mol. The van der Waals surface area contributed by atoms with Crippen LogP contribution in [0.15, 0.2) is 5.16 Å². The number of rotatable bonds is 7. The molecule has 1 aromatic heterocycles. The highest BCUT2D eigenvalue weighted by atomic mass is 32.2. The van der Waals surface area contributed by atoms with Gasteiger partial charge in [-0.1, -0.05) is 11.8 Å². The zero-order valence-electron chi connectivity index (χ0n) is 13.0. The zero-order chi connectivity index (χ0) is 15.2. The quantitative estimate of drug-likeness (QED) is 0.576. The maximum atomic E-state index is 5.99. The normalized spacial score (nSPS) is 23.6. The van der Waals surface area contributed by atoms with E-state index in [1.807, 2.05) is 0 Å². The molecule has 120 valence electrons. The lowest BCUT2D eigenvalue weighted by atomic mass is 10.2. The van der Waals surface area contributed by atoms with Gasteiger partial charge in [0, 0.05) is 38.9 Å². The Kier molecular flexibility index (Phi) is 6.28. The summed E-state index contributed by atoms with van der Waals surface area (Å²) >= 11 is 1.64. The third-order valence-corrected chi connectivity index (χ3v) is 4.32. The number of nitrogens with two attached hydrogens (primary N) is 1. The van der Waals surface area contributed by atoms with E-state index >= 15 is 0 Å². The van der Waals surface area contributed by atoms with E-state index in [9.17, 15) is 0 Å². The molecule has 1 aliphatic heterocycles. The Morgan fingerprint density at radius 3 is 2.71 bits per heavy atom. The van der Waals surface area contributed by atoms with Crippen molar-refractivity contribution in [1.82, 2.24) is 19.8 Å². The van der Waals surface area contributed by atoms with Gasteiger partial charge in [0.2, 0.25) is 5.16 Å². The van der Waals surface area contributed by atoms with Gasteiger partial charge in [-0.25, -0.2) is 4.68 Å². The lowest BCUT2D eigenvalue weighted by molar-refractivity contribution is -0.0661. The second-order valence-electron chi connectivity index (χ2n) is 5.38. The Morgan fingerprint density at radius 2 is 2.05 bits per heavy atom. The van der Waals surface area contributed by atoms with Crippen molar-refractivity contribution in [3.63, 3.8) is 0 Å². The molecular formula is C13H25N5O2S. The van der Waals surface area contributed by atoms with Crippen LogP contribution in [-0.4, -0.2) is 71.1 Å². The molecule has 21 heavy (non-hydrogen) atoms. The molecule has 2 N–H and O–H groups in total. The SMILES string of the molecule is COCCc1nnc(SCCN2CC(C)OC(C)C2)n1N. The third-order valence-electron chi connectivity index (χ3n) is 3.40. The van der Waals surface area contributed by atoms with Gasteiger partial charge in [0.25, 0.3) is 0 Å². The molecule has 0 amide bonds. The van der Waals surface area contributed by atoms with Crippen LogP contribution in [0.3, 0.4) is 0 Å². The summed E-state index contributed by atoms with van der Waals surface area (Å²) in [7, 11) is 1.66. The van der Waals surface area contributed by atoms with Crippen molar-refractivity contribution in [1.29, 1.82) is 0 Å². The highest BCUT2D eigenvalue weighted by Gasteiger charge is 2.21. The molecule has 0 spiro atoms. The summed E-state index contributed by atoms with van der Waals surface area (Å²) in [5, 5.41) is 8.99. The van der Waals surface area contributed by atoms with Crippen molar-refractivity contribution in [3.05, 3.63) is 5.82 Å². The Labute approximate surface area is 130 Å². The second kappa shape index (κ2) is 7.98. The summed E-state index contributed by atoms with van der Waals surface area (Å²) in [4.78, 5) is 2.43. The molecule has 2 rings (SSSR count). The first-order valence-corrected chi connectivity index (χ1v) is 8.27. The number of nitrogens with zero attached hydrogens (tertiary/aromatic N) is 4. The molecule has 1 aliphatic rings. The Bertz CT molecular complexity index is 432. The van der Waals surface area contributed by atoms with Gasteiger partial charge in [0.1, 0.15) is 0 Å². The average molecular weight is 315 g/mol. The fourth-order valence-corrected chi connectivity index (χ4v) is 3.38. The van der Waals surface area contributed by atoms with E-state index in [4.69, 9.17) is 15.3 Å². The lowest BCUT2D eigenvalue weighted by Crippen LogP contribution is -2.46. The van der Waals surface area contributed by atoms with Crippen LogP contribution in [0.4, 0.5) is 0 Å². The number of aromatic nitrogens is 3. The second-order valence-corrected chi connectivity index (χ2v) is 6.44. The van der Waals surface area contributed by atoms with Gasteiger partial charge in [-0.15, -0.1) is 10.2 Å². The predicted octanol–water partition coefficient (Wildman–Crippen LogP) is 0.382. The van der Waals surface area contributed by atoms with Crippen LogP contribution in [0, 0.1) is 0 Å². The van der Waals surface area contributed by atoms with Crippen LogP contribution >= 0.6 is 11.8 Å². The first-order chi connectivity index (χ1) is 10.1. The van der Waals surface area contributed by atoms with Gasteiger partial charge >= 0.3 is 0 Å². The molecular weight excluding hydrogens is 290 g/mol. The maximum absolute atomic E-state index is 5.99. The van der Waals surface area contributed by atoms with Crippen LogP contribution in [-0.2, 0) is 15.9 Å². The van der Waals surface area contributed by atoms with Gasteiger partial charge < -0.3 is 15.3 Å². The van der Waals surface area contributed by atoms with Crippen LogP contribution < -0.4 is 5.84 Å². The minimum Gasteiger partial charge on any atom is -0.384 e. The van der Waals surface area contributed by atoms with E-state index in [0.29, 0.717) is 25.2 Å². The fraction of sp³-hybridized carbons (Fsp3) is 0.846. The number of nitrogen functional groups attached to an aromatic ring is 1. The van der Waals surface area contributed by atoms with E-state index in [-0.39, 0.29) is 0 Å². The van der Waals surface area contributed by atoms with Crippen molar-refractivity contribution in [2.75, 3.05) is 44.9 Å². The van der Waals surface area contributed by atoms with E-state index in [2.05, 4.69) is 28.9 Å². The highest BCUT2D eigenvalue weighted by molar-refractivity contribution is 7.99. The third kappa shape index (κ3) is 4.84. The topological polar surface area (TPSA) is 78.4 Å². The molecule has 2 heterocycles. The molecule has 2 atom stereocenters. The Hall–Kier alpha value is -0.830. The summed E-state index contributed by atoms with van der Waals surface area (Å²) in [6.45, 7) is 7.81. The molecule has 7 nitrogen and oxygen atoms in total. The minimum atomic E-state index is 0.303. The van der Waals surface area contributed by atoms with Crippen LogP contribution in [0.5, 0.6) is 0 Å². The molecule has 1 aromatic rings. The Morgan fingerprint density at radius 1 is 1.33 bits per heavy atom. The van der Waals surface area contributed by atoms with Crippen molar-refractivity contribution in [2.45, 2.75) is 37.6 Å². The molecule has 2 unspecified atom stereocenters. The summed E-state index contributed by atoms with van der Waals surface area (Å²) in [5.74, 6) is 7.69. The fourth-order valence-electron chi connectivity index (χ4n) is 2.50. The maximum Gasteiger partial charge on any atom is 0.209 e. The van der Waals surface area contributed by atoms with Crippen molar-refractivity contribution in [3.8, 4) is 0 Å². The molecule has 0 aliphatic carbocycles. The molecule has 0 radical (unpaired) electrons. The number of methoxy groups -OCH3 is 1. The monoisotopic (exact) mass is 315 g/mol. The molecule has 0 aromatic carbocycles. The van der Waals surface area contributed by atoms with Gasteiger partial charge in [0.15, 0.2) is 5.82 Å². The summed E-state index contributed by atoms with van der Waals surface area (Å²) < 4.78 is 12.3. The zero-order valence-corrected chi connectivity index (χ0v) is 13.8. The molecule has 0 saturated carbocycles. The average Bonchev–Trinajstić information content (AvgIpc) is 2.77. The lowest BCUT2D eigenvalue weighted by Gasteiger charge is -2.35.